The van der Waals surface area contributed by atoms with E-state index in [1.54, 1.807) is 18.2 Å². The smallest absolute Gasteiger partial charge is 0.255 e. The molecule has 2 aromatic rings. The van der Waals surface area contributed by atoms with Crippen LogP contribution >= 0.6 is 0 Å². The van der Waals surface area contributed by atoms with Gasteiger partial charge in [0.15, 0.2) is 0 Å². The summed E-state index contributed by atoms with van der Waals surface area (Å²) in [5, 5.41) is 6.27. The van der Waals surface area contributed by atoms with E-state index in [1.165, 1.54) is 38.5 Å². The van der Waals surface area contributed by atoms with E-state index in [-0.39, 0.29) is 23.3 Å². The summed E-state index contributed by atoms with van der Waals surface area (Å²) in [6, 6.07) is 14.9. The molecule has 4 bridgehead atoms. The van der Waals surface area contributed by atoms with Crippen molar-refractivity contribution in [2.45, 2.75) is 58.4 Å². The van der Waals surface area contributed by atoms with Gasteiger partial charge in [0.25, 0.3) is 11.8 Å². The Morgan fingerprint density at radius 1 is 0.903 bits per heavy atom. The van der Waals surface area contributed by atoms with Crippen LogP contribution in [0.2, 0.25) is 0 Å². The van der Waals surface area contributed by atoms with Gasteiger partial charge >= 0.3 is 0 Å². The Morgan fingerprint density at radius 3 is 2.19 bits per heavy atom. The van der Waals surface area contributed by atoms with Gasteiger partial charge in [-0.25, -0.2) is 0 Å². The highest BCUT2D eigenvalue weighted by atomic mass is 16.2. The molecular weight excluding hydrogens is 384 g/mol. The van der Waals surface area contributed by atoms with Gasteiger partial charge in [-0.1, -0.05) is 29.8 Å². The van der Waals surface area contributed by atoms with E-state index in [0.717, 1.165) is 23.3 Å². The predicted octanol–water partition coefficient (Wildman–Crippen LogP) is 5.58. The van der Waals surface area contributed by atoms with Crippen molar-refractivity contribution in [1.82, 2.24) is 5.32 Å². The first-order valence-electron chi connectivity index (χ1n) is 11.7. The standard InChI is InChI=1S/C27H32N2O2/c1-17-6-5-7-22(10-17)25(30)29-24-9-4-3-8-23(24)26(31)28-18(2)27-14-19-11-20(15-27)13-21(12-19)16-27/h3-10,18-21H,11-16H2,1-2H3,(H,28,31)(H,29,30). The van der Waals surface area contributed by atoms with E-state index in [4.69, 9.17) is 0 Å². The van der Waals surface area contributed by atoms with Crippen LogP contribution in [0.15, 0.2) is 48.5 Å². The summed E-state index contributed by atoms with van der Waals surface area (Å²) in [4.78, 5) is 26.0. The van der Waals surface area contributed by atoms with Crippen molar-refractivity contribution in [3.63, 3.8) is 0 Å². The van der Waals surface area contributed by atoms with Crippen molar-refractivity contribution in [2.75, 3.05) is 5.32 Å². The molecule has 0 aromatic heterocycles. The number of aryl methyl sites for hydroxylation is 1. The van der Waals surface area contributed by atoms with Crippen LogP contribution in [0.5, 0.6) is 0 Å². The molecule has 0 saturated heterocycles. The molecule has 4 saturated carbocycles. The lowest BCUT2D eigenvalue weighted by molar-refractivity contribution is -0.0687. The second kappa shape index (κ2) is 7.81. The third kappa shape index (κ3) is 3.88. The van der Waals surface area contributed by atoms with Crippen LogP contribution < -0.4 is 10.6 Å². The minimum Gasteiger partial charge on any atom is -0.349 e. The second-order valence-electron chi connectivity index (χ2n) is 10.3. The number of para-hydroxylation sites is 1. The van der Waals surface area contributed by atoms with Gasteiger partial charge in [-0.2, -0.15) is 0 Å². The fraction of sp³-hybridized carbons (Fsp3) is 0.481. The maximum atomic E-state index is 13.3. The van der Waals surface area contributed by atoms with Gasteiger partial charge in [0.1, 0.15) is 0 Å². The van der Waals surface area contributed by atoms with Crippen LogP contribution in [-0.2, 0) is 0 Å². The number of carbonyl (C=O) groups excluding carboxylic acids is 2. The third-order valence-corrected chi connectivity index (χ3v) is 8.05. The minimum atomic E-state index is -0.196. The van der Waals surface area contributed by atoms with E-state index in [2.05, 4.69) is 17.6 Å². The van der Waals surface area contributed by atoms with Crippen LogP contribution in [0.25, 0.3) is 0 Å². The fourth-order valence-corrected chi connectivity index (χ4v) is 6.91. The number of amides is 2. The summed E-state index contributed by atoms with van der Waals surface area (Å²) in [7, 11) is 0. The topological polar surface area (TPSA) is 58.2 Å². The van der Waals surface area contributed by atoms with E-state index in [0.29, 0.717) is 16.8 Å². The number of hydrogen-bond donors (Lipinski definition) is 2. The SMILES string of the molecule is Cc1cccc(C(=O)Nc2ccccc2C(=O)NC(C)C23CC4CC(CC(C4)C2)C3)c1. The average molecular weight is 417 g/mol. The first-order valence-corrected chi connectivity index (χ1v) is 11.7. The molecular formula is C27H32N2O2. The molecule has 31 heavy (non-hydrogen) atoms. The Bertz CT molecular complexity index is 977. The van der Waals surface area contributed by atoms with Crippen molar-refractivity contribution in [3.8, 4) is 0 Å². The first-order chi connectivity index (χ1) is 14.9. The van der Waals surface area contributed by atoms with Crippen molar-refractivity contribution in [1.29, 1.82) is 0 Å². The van der Waals surface area contributed by atoms with Gasteiger partial charge < -0.3 is 10.6 Å². The molecule has 1 unspecified atom stereocenters. The summed E-state index contributed by atoms with van der Waals surface area (Å²) in [6.07, 6.45) is 7.96. The number of anilines is 1. The zero-order valence-electron chi connectivity index (χ0n) is 18.5. The molecule has 0 radical (unpaired) electrons. The monoisotopic (exact) mass is 416 g/mol. The Balaban J connectivity index is 1.32. The van der Waals surface area contributed by atoms with Crippen molar-refractivity contribution >= 4 is 17.5 Å². The maximum absolute atomic E-state index is 13.3. The summed E-state index contributed by atoms with van der Waals surface area (Å²) < 4.78 is 0. The predicted molar refractivity (Wildman–Crippen MR) is 123 cm³/mol. The number of nitrogens with one attached hydrogen (secondary N) is 2. The van der Waals surface area contributed by atoms with Crippen molar-refractivity contribution < 1.29 is 9.59 Å². The zero-order chi connectivity index (χ0) is 21.6. The summed E-state index contributed by atoms with van der Waals surface area (Å²) in [5.41, 5.74) is 2.97. The molecule has 1 atom stereocenters. The first kappa shape index (κ1) is 20.3. The molecule has 4 heteroatoms. The normalized spacial score (nSPS) is 29.4. The lowest BCUT2D eigenvalue weighted by atomic mass is 9.48. The van der Waals surface area contributed by atoms with Crippen LogP contribution in [0.1, 0.15) is 71.7 Å². The highest BCUT2D eigenvalue weighted by molar-refractivity contribution is 6.09. The Kier molecular flexibility index (Phi) is 5.11. The van der Waals surface area contributed by atoms with E-state index in [9.17, 15) is 9.59 Å². The molecule has 6 rings (SSSR count). The van der Waals surface area contributed by atoms with Crippen LogP contribution in [0.4, 0.5) is 5.69 Å². The van der Waals surface area contributed by atoms with Gasteiger partial charge in [0.05, 0.1) is 11.3 Å². The zero-order valence-corrected chi connectivity index (χ0v) is 18.5. The summed E-state index contributed by atoms with van der Waals surface area (Å²) >= 11 is 0. The van der Waals surface area contributed by atoms with E-state index < -0.39 is 0 Å². The van der Waals surface area contributed by atoms with E-state index >= 15 is 0 Å². The molecule has 0 aliphatic heterocycles. The van der Waals surface area contributed by atoms with Crippen LogP contribution in [0.3, 0.4) is 0 Å². The molecule has 4 aliphatic rings. The summed E-state index contributed by atoms with van der Waals surface area (Å²) in [6.45, 7) is 4.16. The Labute approximate surface area is 184 Å². The molecule has 2 aromatic carbocycles. The largest absolute Gasteiger partial charge is 0.349 e. The molecule has 2 amide bonds. The number of carbonyl (C=O) groups is 2. The molecule has 0 spiro atoms. The third-order valence-electron chi connectivity index (χ3n) is 8.05. The Morgan fingerprint density at radius 2 is 1.55 bits per heavy atom. The van der Waals surface area contributed by atoms with Gasteiger partial charge in [0, 0.05) is 11.6 Å². The Hall–Kier alpha value is -2.62. The molecule has 162 valence electrons. The summed E-state index contributed by atoms with van der Waals surface area (Å²) in [5.74, 6) is 2.27. The van der Waals surface area contributed by atoms with Gasteiger partial charge in [0.2, 0.25) is 0 Å². The molecule has 0 heterocycles. The number of hydrogen-bond acceptors (Lipinski definition) is 2. The molecule has 4 fully saturated rings. The van der Waals surface area contributed by atoms with E-state index in [1.807, 2.05) is 37.3 Å². The number of benzene rings is 2. The maximum Gasteiger partial charge on any atom is 0.255 e. The number of rotatable bonds is 5. The van der Waals surface area contributed by atoms with Crippen molar-refractivity contribution in [3.05, 3.63) is 65.2 Å². The lowest BCUT2D eigenvalue weighted by Gasteiger charge is -2.59. The van der Waals surface area contributed by atoms with Gasteiger partial charge in [-0.05, 0) is 99.8 Å². The molecule has 2 N–H and O–H groups in total. The average Bonchev–Trinajstić information content (AvgIpc) is 2.73. The minimum absolute atomic E-state index is 0.0941. The highest BCUT2D eigenvalue weighted by Crippen LogP contribution is 2.61. The lowest BCUT2D eigenvalue weighted by Crippen LogP contribution is -2.55. The quantitative estimate of drug-likeness (QED) is 0.668. The molecule has 4 nitrogen and oxygen atoms in total. The highest BCUT2D eigenvalue weighted by Gasteiger charge is 2.53. The fourth-order valence-electron chi connectivity index (χ4n) is 6.91. The molecule has 4 aliphatic carbocycles. The van der Waals surface area contributed by atoms with Crippen molar-refractivity contribution in [2.24, 2.45) is 23.2 Å². The van der Waals surface area contributed by atoms with Crippen LogP contribution in [-0.4, -0.2) is 17.9 Å². The second-order valence-corrected chi connectivity index (χ2v) is 10.3. The van der Waals surface area contributed by atoms with Gasteiger partial charge in [-0.15, -0.1) is 0 Å². The van der Waals surface area contributed by atoms with Crippen LogP contribution in [0, 0.1) is 30.1 Å². The van der Waals surface area contributed by atoms with Gasteiger partial charge in [-0.3, -0.25) is 9.59 Å².